The lowest BCUT2D eigenvalue weighted by Crippen LogP contribution is -2.49. The lowest BCUT2D eigenvalue weighted by atomic mass is 10.0. The second kappa shape index (κ2) is 8.75. The molecule has 1 N–H and O–H groups in total. The van der Waals surface area contributed by atoms with Gasteiger partial charge in [0.2, 0.25) is 0 Å². The number of likely N-dealkylation sites (tertiary alicyclic amines) is 1. The van der Waals surface area contributed by atoms with Crippen molar-refractivity contribution in [2.24, 2.45) is 0 Å². The van der Waals surface area contributed by atoms with Gasteiger partial charge in [-0.3, -0.25) is 14.5 Å². The van der Waals surface area contributed by atoms with E-state index in [9.17, 15) is 18.4 Å². The van der Waals surface area contributed by atoms with Gasteiger partial charge in [0.1, 0.15) is 5.82 Å². The third-order valence-corrected chi connectivity index (χ3v) is 4.32. The van der Waals surface area contributed by atoms with Crippen LogP contribution < -0.4 is 4.74 Å². The number of benzene rings is 1. The predicted octanol–water partition coefficient (Wildman–Crippen LogP) is 1.74. The fourth-order valence-electron chi connectivity index (χ4n) is 2.98. The molecule has 0 radical (unpaired) electrons. The summed E-state index contributed by atoms with van der Waals surface area (Å²) in [4.78, 5) is 26.5. The first kappa shape index (κ1) is 19.1. The smallest absolute Gasteiger partial charge is 0.317 e. The van der Waals surface area contributed by atoms with E-state index in [2.05, 4.69) is 0 Å². The van der Waals surface area contributed by atoms with E-state index < -0.39 is 17.6 Å². The molecule has 1 saturated heterocycles. The summed E-state index contributed by atoms with van der Waals surface area (Å²) in [5, 5.41) is 8.93. The van der Waals surface area contributed by atoms with Gasteiger partial charge in [0, 0.05) is 25.2 Å². The summed E-state index contributed by atoms with van der Waals surface area (Å²) in [6, 6.07) is 3.04. The van der Waals surface area contributed by atoms with Crippen molar-refractivity contribution in [3.8, 4) is 5.75 Å². The van der Waals surface area contributed by atoms with Gasteiger partial charge in [-0.25, -0.2) is 8.78 Å². The Morgan fingerprint density at radius 3 is 2.56 bits per heavy atom. The van der Waals surface area contributed by atoms with Gasteiger partial charge >= 0.3 is 5.97 Å². The number of hydrogen-bond donors (Lipinski definition) is 1. The van der Waals surface area contributed by atoms with Crippen LogP contribution in [0.4, 0.5) is 8.78 Å². The topological polar surface area (TPSA) is 70.1 Å². The van der Waals surface area contributed by atoms with E-state index in [0.29, 0.717) is 38.5 Å². The summed E-state index contributed by atoms with van der Waals surface area (Å²) in [5.41, 5.74) is 0. The van der Waals surface area contributed by atoms with Crippen LogP contribution in [0.2, 0.25) is 0 Å². The Bertz CT molecular complexity index is 619. The van der Waals surface area contributed by atoms with Crippen molar-refractivity contribution in [1.82, 2.24) is 9.80 Å². The van der Waals surface area contributed by atoms with Gasteiger partial charge in [-0.1, -0.05) is 6.92 Å². The number of rotatable bonds is 7. The minimum absolute atomic E-state index is 0.0118. The maximum atomic E-state index is 13.5. The number of carboxylic acids is 1. The number of halogens is 2. The molecule has 1 aliphatic heterocycles. The van der Waals surface area contributed by atoms with Crippen LogP contribution in [0.25, 0.3) is 0 Å². The van der Waals surface area contributed by atoms with Crippen LogP contribution in [0.5, 0.6) is 5.75 Å². The van der Waals surface area contributed by atoms with Crippen molar-refractivity contribution in [3.63, 3.8) is 0 Å². The molecule has 2 rings (SSSR count). The van der Waals surface area contributed by atoms with E-state index in [1.54, 1.807) is 4.90 Å². The van der Waals surface area contributed by atoms with Gasteiger partial charge < -0.3 is 14.7 Å². The van der Waals surface area contributed by atoms with Crippen molar-refractivity contribution in [3.05, 3.63) is 29.8 Å². The van der Waals surface area contributed by atoms with Crippen molar-refractivity contribution in [2.45, 2.75) is 25.8 Å². The normalized spacial score (nSPS) is 15.4. The lowest BCUT2D eigenvalue weighted by Gasteiger charge is -2.37. The monoisotopic (exact) mass is 356 g/mol. The third-order valence-electron chi connectivity index (χ3n) is 4.32. The molecular formula is C17H22F2N2O4. The van der Waals surface area contributed by atoms with Gasteiger partial charge in [-0.05, 0) is 31.5 Å². The quantitative estimate of drug-likeness (QED) is 0.806. The number of carboxylic acid groups (broad SMARTS) is 1. The molecule has 138 valence electrons. The molecule has 1 aromatic rings. The van der Waals surface area contributed by atoms with Crippen molar-refractivity contribution in [1.29, 1.82) is 0 Å². The first-order valence-corrected chi connectivity index (χ1v) is 8.22. The summed E-state index contributed by atoms with van der Waals surface area (Å²) in [7, 11) is 0. The van der Waals surface area contributed by atoms with E-state index in [1.807, 2.05) is 11.8 Å². The average Bonchev–Trinajstić information content (AvgIpc) is 2.58. The fraction of sp³-hybridized carbons (Fsp3) is 0.529. The molecule has 0 bridgehead atoms. The average molecular weight is 356 g/mol. The molecule has 1 heterocycles. The van der Waals surface area contributed by atoms with Gasteiger partial charge in [-0.15, -0.1) is 0 Å². The van der Waals surface area contributed by atoms with Crippen molar-refractivity contribution >= 4 is 11.9 Å². The molecule has 1 aliphatic rings. The predicted molar refractivity (Wildman–Crippen MR) is 86.3 cm³/mol. The zero-order valence-corrected chi connectivity index (χ0v) is 14.1. The molecule has 0 saturated carbocycles. The minimum Gasteiger partial charge on any atom is -0.481 e. The van der Waals surface area contributed by atoms with Crippen LogP contribution in [0.3, 0.4) is 0 Å². The highest BCUT2D eigenvalue weighted by atomic mass is 19.1. The number of amides is 1. The zero-order chi connectivity index (χ0) is 18.4. The number of carbonyl (C=O) groups excluding carboxylic acids is 1. The van der Waals surface area contributed by atoms with Crippen LogP contribution in [0.1, 0.15) is 19.8 Å². The molecular weight excluding hydrogens is 334 g/mol. The molecule has 1 fully saturated rings. The van der Waals surface area contributed by atoms with E-state index in [1.165, 1.54) is 0 Å². The summed E-state index contributed by atoms with van der Waals surface area (Å²) in [6.45, 7) is 3.20. The molecule has 0 unspecified atom stereocenters. The molecule has 0 atom stereocenters. The molecule has 0 aliphatic carbocycles. The van der Waals surface area contributed by atoms with Crippen LogP contribution >= 0.6 is 0 Å². The summed E-state index contributed by atoms with van der Waals surface area (Å²) in [6.07, 6.45) is 1.36. The van der Waals surface area contributed by atoms with Crippen LogP contribution in [0, 0.1) is 11.6 Å². The van der Waals surface area contributed by atoms with Gasteiger partial charge in [0.05, 0.1) is 6.54 Å². The Balaban J connectivity index is 1.81. The van der Waals surface area contributed by atoms with Crippen LogP contribution in [0.15, 0.2) is 18.2 Å². The number of nitrogens with zero attached hydrogens (tertiary/aromatic N) is 2. The highest BCUT2D eigenvalue weighted by Gasteiger charge is 2.27. The largest absolute Gasteiger partial charge is 0.481 e. The van der Waals surface area contributed by atoms with Gasteiger partial charge in [0.15, 0.2) is 18.2 Å². The standard InChI is InChI=1S/C17H22F2N2O4/c1-2-20(10-17(23)24)13-5-7-21(8-6-13)16(22)11-25-15-4-3-12(18)9-14(15)19/h3-4,9,13H,2,5-8,10-11H2,1H3,(H,23,24). The molecule has 0 spiro atoms. The number of hydrogen-bond acceptors (Lipinski definition) is 4. The molecule has 1 amide bonds. The summed E-state index contributed by atoms with van der Waals surface area (Å²) < 4.78 is 31.5. The van der Waals surface area contributed by atoms with Gasteiger partial charge in [-0.2, -0.15) is 0 Å². The van der Waals surface area contributed by atoms with Crippen molar-refractivity contribution < 1.29 is 28.2 Å². The van der Waals surface area contributed by atoms with E-state index in [0.717, 1.165) is 12.1 Å². The number of carbonyl (C=O) groups is 2. The second-order valence-electron chi connectivity index (χ2n) is 5.93. The van der Waals surface area contributed by atoms with E-state index in [4.69, 9.17) is 9.84 Å². The maximum Gasteiger partial charge on any atom is 0.317 e. The summed E-state index contributed by atoms with van der Waals surface area (Å²) >= 11 is 0. The number of piperidine rings is 1. The van der Waals surface area contributed by atoms with Crippen LogP contribution in [-0.4, -0.2) is 65.6 Å². The van der Waals surface area contributed by atoms with Crippen molar-refractivity contribution in [2.75, 3.05) is 32.8 Å². The zero-order valence-electron chi connectivity index (χ0n) is 14.1. The van der Waals surface area contributed by atoms with E-state index >= 15 is 0 Å². The Labute approximate surface area is 145 Å². The number of ether oxygens (including phenoxy) is 1. The highest BCUT2D eigenvalue weighted by molar-refractivity contribution is 5.77. The first-order valence-electron chi connectivity index (χ1n) is 8.22. The molecule has 8 heteroatoms. The maximum absolute atomic E-state index is 13.5. The fourth-order valence-corrected chi connectivity index (χ4v) is 2.98. The van der Waals surface area contributed by atoms with Gasteiger partial charge in [0.25, 0.3) is 5.91 Å². The third kappa shape index (κ3) is 5.38. The Hall–Kier alpha value is -2.22. The molecule has 25 heavy (non-hydrogen) atoms. The molecule has 0 aromatic heterocycles. The summed E-state index contributed by atoms with van der Waals surface area (Å²) in [5.74, 6) is -2.86. The Morgan fingerprint density at radius 1 is 1.32 bits per heavy atom. The second-order valence-corrected chi connectivity index (χ2v) is 5.93. The minimum atomic E-state index is -0.866. The first-order chi connectivity index (χ1) is 11.9. The number of aliphatic carboxylic acids is 1. The Morgan fingerprint density at radius 2 is 2.00 bits per heavy atom. The Kier molecular flexibility index (Phi) is 6.69. The highest BCUT2D eigenvalue weighted by Crippen LogP contribution is 2.19. The van der Waals surface area contributed by atoms with E-state index in [-0.39, 0.29) is 30.9 Å². The SMILES string of the molecule is CCN(CC(=O)O)C1CCN(C(=O)COc2ccc(F)cc2F)CC1. The molecule has 6 nitrogen and oxygen atoms in total. The molecule has 1 aromatic carbocycles. The lowest BCUT2D eigenvalue weighted by molar-refractivity contribution is -0.140. The number of likely N-dealkylation sites (N-methyl/N-ethyl adjacent to an activating group) is 1. The van der Waals surface area contributed by atoms with Crippen LogP contribution in [-0.2, 0) is 9.59 Å².